The van der Waals surface area contributed by atoms with E-state index in [2.05, 4.69) is 39.1 Å². The fraction of sp³-hybridized carbons (Fsp3) is 0.682. The Morgan fingerprint density at radius 3 is 2.58 bits per heavy atom. The molecule has 1 unspecified atom stereocenters. The van der Waals surface area contributed by atoms with E-state index in [0.717, 1.165) is 12.0 Å². The van der Waals surface area contributed by atoms with Crippen LogP contribution in [0.1, 0.15) is 60.3 Å². The van der Waals surface area contributed by atoms with Gasteiger partial charge in [0.25, 0.3) is 0 Å². The van der Waals surface area contributed by atoms with Crippen LogP contribution in [0.3, 0.4) is 0 Å². The molecule has 142 valence electrons. The topological polar surface area (TPSA) is 63.2 Å². The van der Waals surface area contributed by atoms with Gasteiger partial charge in [-0.1, -0.05) is 44.1 Å². The number of rotatable bonds is 2. The van der Waals surface area contributed by atoms with Crippen molar-refractivity contribution in [1.82, 2.24) is 5.32 Å². The Balaban J connectivity index is 2.17. The number of allylic oxidation sites excluding steroid dienone is 4. The van der Waals surface area contributed by atoms with Crippen molar-refractivity contribution in [3.8, 4) is 0 Å². The van der Waals surface area contributed by atoms with E-state index in [0.29, 0.717) is 18.8 Å². The van der Waals surface area contributed by atoms with E-state index in [-0.39, 0.29) is 47.7 Å². The summed E-state index contributed by atoms with van der Waals surface area (Å²) in [6.07, 6.45) is 5.77. The summed E-state index contributed by atoms with van der Waals surface area (Å²) in [6.45, 7) is 10.5. The smallest absolute Gasteiger partial charge is 0.234 e. The first-order valence-corrected chi connectivity index (χ1v) is 9.87. The third-order valence-electron chi connectivity index (χ3n) is 6.72. The Labute approximate surface area is 156 Å². The SMILES string of the molecule is CC1=C[C@H]2C/C(C)=C\CC(=O)CC(=O)C23C(=O)N[C@@H](CC(C)C)[C@H]3[C@@H]1C. The normalized spacial score (nSPS) is 39.8. The molecular weight excluding hydrogens is 326 g/mol. The fourth-order valence-corrected chi connectivity index (χ4v) is 5.46. The van der Waals surface area contributed by atoms with Crippen molar-refractivity contribution in [3.05, 3.63) is 23.3 Å². The minimum atomic E-state index is -1.09. The van der Waals surface area contributed by atoms with Crippen molar-refractivity contribution in [2.45, 2.75) is 66.3 Å². The molecule has 1 spiro atoms. The van der Waals surface area contributed by atoms with Gasteiger partial charge in [-0.05, 0) is 38.5 Å². The maximum Gasteiger partial charge on any atom is 0.234 e. The first-order chi connectivity index (χ1) is 12.2. The van der Waals surface area contributed by atoms with E-state index in [1.807, 2.05) is 13.0 Å². The molecule has 1 amide bonds. The van der Waals surface area contributed by atoms with Crippen molar-refractivity contribution in [1.29, 1.82) is 0 Å². The lowest BCUT2D eigenvalue weighted by Crippen LogP contribution is -2.53. The monoisotopic (exact) mass is 357 g/mol. The molecule has 0 aromatic rings. The lowest BCUT2D eigenvalue weighted by atomic mass is 9.54. The summed E-state index contributed by atoms with van der Waals surface area (Å²) < 4.78 is 0. The summed E-state index contributed by atoms with van der Waals surface area (Å²) in [5, 5.41) is 3.17. The third-order valence-corrected chi connectivity index (χ3v) is 6.72. The average Bonchev–Trinajstić information content (AvgIpc) is 2.84. The zero-order valence-electron chi connectivity index (χ0n) is 16.6. The number of carbonyl (C=O) groups excluding carboxylic acids is 3. The van der Waals surface area contributed by atoms with Gasteiger partial charge >= 0.3 is 0 Å². The molecule has 1 fully saturated rings. The van der Waals surface area contributed by atoms with E-state index in [4.69, 9.17) is 0 Å². The maximum atomic E-state index is 13.4. The minimum Gasteiger partial charge on any atom is -0.352 e. The summed E-state index contributed by atoms with van der Waals surface area (Å²) in [5.41, 5.74) is 1.26. The van der Waals surface area contributed by atoms with E-state index in [1.54, 1.807) is 0 Å². The Kier molecular flexibility index (Phi) is 4.98. The van der Waals surface area contributed by atoms with Crippen LogP contribution >= 0.6 is 0 Å². The minimum absolute atomic E-state index is 0.00672. The number of carbonyl (C=O) groups is 3. The van der Waals surface area contributed by atoms with Gasteiger partial charge in [0.05, 0.1) is 6.42 Å². The molecule has 0 aromatic heterocycles. The Morgan fingerprint density at radius 1 is 1.23 bits per heavy atom. The zero-order chi connectivity index (χ0) is 19.2. The molecule has 1 aliphatic heterocycles. The molecule has 4 nitrogen and oxygen atoms in total. The summed E-state index contributed by atoms with van der Waals surface area (Å²) in [4.78, 5) is 39.1. The van der Waals surface area contributed by atoms with Gasteiger partial charge in [-0.15, -0.1) is 0 Å². The average molecular weight is 357 g/mol. The van der Waals surface area contributed by atoms with Gasteiger partial charge in [0, 0.05) is 24.3 Å². The molecule has 3 aliphatic rings. The number of amides is 1. The summed E-state index contributed by atoms with van der Waals surface area (Å²) >= 11 is 0. The molecule has 3 rings (SSSR count). The van der Waals surface area contributed by atoms with Crippen LogP contribution in [-0.4, -0.2) is 23.5 Å². The number of hydrogen-bond donors (Lipinski definition) is 1. The highest BCUT2D eigenvalue weighted by Crippen LogP contribution is 2.56. The molecule has 1 N–H and O–H groups in total. The fourth-order valence-electron chi connectivity index (χ4n) is 5.46. The first kappa shape index (κ1) is 19.1. The molecule has 0 saturated carbocycles. The largest absolute Gasteiger partial charge is 0.352 e. The maximum absolute atomic E-state index is 13.4. The number of ketones is 2. The van der Waals surface area contributed by atoms with Crippen LogP contribution < -0.4 is 5.32 Å². The highest BCUT2D eigenvalue weighted by atomic mass is 16.2. The Hall–Kier alpha value is -1.71. The predicted molar refractivity (Wildman–Crippen MR) is 101 cm³/mol. The summed E-state index contributed by atoms with van der Waals surface area (Å²) in [6, 6.07) is -0.00672. The predicted octanol–water partition coefficient (Wildman–Crippen LogP) is 3.61. The second-order valence-electron chi connectivity index (χ2n) is 9.01. The van der Waals surface area contributed by atoms with Crippen LogP contribution in [-0.2, 0) is 14.4 Å². The first-order valence-electron chi connectivity index (χ1n) is 9.87. The van der Waals surface area contributed by atoms with Crippen molar-refractivity contribution in [3.63, 3.8) is 0 Å². The van der Waals surface area contributed by atoms with Crippen LogP contribution in [0.2, 0.25) is 0 Å². The molecular formula is C22H31NO3. The van der Waals surface area contributed by atoms with Crippen molar-refractivity contribution >= 4 is 17.5 Å². The number of nitrogens with one attached hydrogen (secondary N) is 1. The third kappa shape index (κ3) is 2.87. The van der Waals surface area contributed by atoms with Gasteiger partial charge in [0.1, 0.15) is 11.2 Å². The van der Waals surface area contributed by atoms with Gasteiger partial charge in [-0.25, -0.2) is 0 Å². The molecule has 1 heterocycles. The number of Topliss-reactive ketones (excluding diaryl/α,β-unsaturated/α-hetero) is 2. The van der Waals surface area contributed by atoms with Crippen LogP contribution in [0, 0.1) is 29.1 Å². The lowest BCUT2D eigenvalue weighted by molar-refractivity contribution is -0.147. The summed E-state index contributed by atoms with van der Waals surface area (Å²) in [5.74, 6) is -0.0440. The molecule has 5 atom stereocenters. The molecule has 4 heteroatoms. The van der Waals surface area contributed by atoms with Crippen molar-refractivity contribution in [2.75, 3.05) is 0 Å². The molecule has 2 aliphatic carbocycles. The zero-order valence-corrected chi connectivity index (χ0v) is 16.6. The van der Waals surface area contributed by atoms with Crippen molar-refractivity contribution in [2.24, 2.45) is 29.1 Å². The van der Waals surface area contributed by atoms with Crippen LogP contribution in [0.5, 0.6) is 0 Å². The molecule has 0 radical (unpaired) electrons. The highest BCUT2D eigenvalue weighted by Gasteiger charge is 2.65. The van der Waals surface area contributed by atoms with Crippen molar-refractivity contribution < 1.29 is 14.4 Å². The lowest BCUT2D eigenvalue weighted by Gasteiger charge is -2.45. The van der Waals surface area contributed by atoms with E-state index < -0.39 is 5.41 Å². The highest BCUT2D eigenvalue weighted by molar-refractivity contribution is 6.14. The second kappa shape index (κ2) is 6.79. The van der Waals surface area contributed by atoms with E-state index in [9.17, 15) is 14.4 Å². The molecule has 0 bridgehead atoms. The van der Waals surface area contributed by atoms with E-state index >= 15 is 0 Å². The standard InChI is InChI=1S/C22H31NO3/c1-12(2)8-18-20-15(5)14(4)10-16-9-13(3)6-7-17(24)11-19(25)22(16,20)21(26)23-18/h6,10,12,15-16,18,20H,7-9,11H2,1-5H3,(H,23,26)/b13-6-/t15-,16-,18+,20-,22?/m1/s1. The Morgan fingerprint density at radius 2 is 1.92 bits per heavy atom. The van der Waals surface area contributed by atoms with Gasteiger partial charge in [-0.3, -0.25) is 14.4 Å². The summed E-state index contributed by atoms with van der Waals surface area (Å²) in [7, 11) is 0. The second-order valence-corrected chi connectivity index (χ2v) is 9.01. The van der Waals surface area contributed by atoms with E-state index in [1.165, 1.54) is 5.57 Å². The van der Waals surface area contributed by atoms with Crippen LogP contribution in [0.4, 0.5) is 0 Å². The molecule has 0 aromatic carbocycles. The van der Waals surface area contributed by atoms with Crippen LogP contribution in [0.25, 0.3) is 0 Å². The number of hydrogen-bond acceptors (Lipinski definition) is 3. The van der Waals surface area contributed by atoms with Gasteiger partial charge in [-0.2, -0.15) is 0 Å². The van der Waals surface area contributed by atoms with Gasteiger partial charge in [0.2, 0.25) is 5.91 Å². The Bertz CT molecular complexity index is 702. The molecule has 26 heavy (non-hydrogen) atoms. The van der Waals surface area contributed by atoms with Crippen LogP contribution in [0.15, 0.2) is 23.3 Å². The van der Waals surface area contributed by atoms with Gasteiger partial charge in [0.15, 0.2) is 5.78 Å². The quantitative estimate of drug-likeness (QED) is 0.606. The van der Waals surface area contributed by atoms with Gasteiger partial charge < -0.3 is 5.32 Å². The molecule has 1 saturated heterocycles.